The Hall–Kier alpha value is -3.41. The van der Waals surface area contributed by atoms with Gasteiger partial charge in [-0.25, -0.2) is 0 Å². The maximum Gasteiger partial charge on any atom is 0.306 e. The second-order valence-corrected chi connectivity index (χ2v) is 22.0. The Morgan fingerprint density at radius 3 is 0.831 bits per heavy atom. The summed E-state index contributed by atoms with van der Waals surface area (Å²) in [6.45, 7) is 6.53. The molecule has 0 amide bonds. The van der Waals surface area contributed by atoms with Crippen LogP contribution in [-0.2, 0) is 28.6 Å². The van der Waals surface area contributed by atoms with Gasteiger partial charge in [-0.3, -0.25) is 14.4 Å². The lowest BCUT2D eigenvalue weighted by Crippen LogP contribution is -2.30. The number of ether oxygens (including phenoxy) is 3. The SMILES string of the molecule is CC/C=C\C/C=C\C/C=C\C/C=C\CCCCCCCCC(=O)OC(COC(=O)CCCCCCCCCCC/C=C\C/C=C\CCCCC)COC(=O)CCCCCCCCCCC/C=C\CCCCCCCCCC. The number of rotatable bonds is 60. The van der Waals surface area contributed by atoms with Crippen molar-refractivity contribution in [1.82, 2.24) is 0 Å². The Morgan fingerprint density at radius 2 is 0.506 bits per heavy atom. The largest absolute Gasteiger partial charge is 0.462 e. The van der Waals surface area contributed by atoms with E-state index in [0.717, 1.165) is 103 Å². The summed E-state index contributed by atoms with van der Waals surface area (Å²) in [5.41, 5.74) is 0. The third-order valence-corrected chi connectivity index (χ3v) is 14.4. The van der Waals surface area contributed by atoms with Gasteiger partial charge in [0, 0.05) is 19.3 Å². The van der Waals surface area contributed by atoms with E-state index in [-0.39, 0.29) is 31.1 Å². The van der Waals surface area contributed by atoms with Crippen LogP contribution in [0.3, 0.4) is 0 Å². The van der Waals surface area contributed by atoms with E-state index in [1.54, 1.807) is 0 Å². The first kappa shape index (κ1) is 73.6. The predicted molar refractivity (Wildman–Crippen MR) is 334 cm³/mol. The van der Waals surface area contributed by atoms with Crippen molar-refractivity contribution in [1.29, 1.82) is 0 Å². The number of carbonyl (C=O) groups excluding carboxylic acids is 3. The minimum Gasteiger partial charge on any atom is -0.462 e. The van der Waals surface area contributed by atoms with Gasteiger partial charge in [0.05, 0.1) is 0 Å². The molecular weight excluding hydrogens is 949 g/mol. The lowest BCUT2D eigenvalue weighted by molar-refractivity contribution is -0.167. The van der Waals surface area contributed by atoms with Gasteiger partial charge in [0.25, 0.3) is 0 Å². The van der Waals surface area contributed by atoms with Crippen molar-refractivity contribution in [2.45, 2.75) is 335 Å². The number of hydrogen-bond acceptors (Lipinski definition) is 6. The number of esters is 3. The normalized spacial score (nSPS) is 12.6. The third kappa shape index (κ3) is 63.3. The highest BCUT2D eigenvalue weighted by Crippen LogP contribution is 2.16. The molecule has 0 saturated carbocycles. The number of unbranched alkanes of at least 4 members (excludes halogenated alkanes) is 35. The molecule has 0 rings (SSSR count). The van der Waals surface area contributed by atoms with Gasteiger partial charge in [0.1, 0.15) is 13.2 Å². The molecule has 0 bridgehead atoms. The molecule has 0 radical (unpaired) electrons. The van der Waals surface area contributed by atoms with E-state index in [0.29, 0.717) is 19.3 Å². The molecule has 6 nitrogen and oxygen atoms in total. The molecular formula is C71H124O6. The van der Waals surface area contributed by atoms with Crippen LogP contribution in [0.15, 0.2) is 85.1 Å². The molecule has 0 N–H and O–H groups in total. The summed E-state index contributed by atoms with van der Waals surface area (Å²) in [6, 6.07) is 0. The Bertz CT molecular complexity index is 1470. The van der Waals surface area contributed by atoms with E-state index in [9.17, 15) is 14.4 Å². The van der Waals surface area contributed by atoms with Gasteiger partial charge in [-0.2, -0.15) is 0 Å². The molecule has 77 heavy (non-hydrogen) atoms. The van der Waals surface area contributed by atoms with E-state index < -0.39 is 6.10 Å². The molecule has 0 aromatic carbocycles. The molecule has 0 aliphatic heterocycles. The van der Waals surface area contributed by atoms with Crippen molar-refractivity contribution in [2.24, 2.45) is 0 Å². The summed E-state index contributed by atoms with van der Waals surface area (Å²) in [5, 5.41) is 0. The summed E-state index contributed by atoms with van der Waals surface area (Å²) < 4.78 is 17.0. The number of hydrogen-bond donors (Lipinski definition) is 0. The van der Waals surface area contributed by atoms with E-state index >= 15 is 0 Å². The maximum atomic E-state index is 12.9. The van der Waals surface area contributed by atoms with Gasteiger partial charge in [-0.05, 0) is 116 Å². The zero-order chi connectivity index (χ0) is 55.7. The smallest absolute Gasteiger partial charge is 0.306 e. The molecule has 0 heterocycles. The highest BCUT2D eigenvalue weighted by molar-refractivity contribution is 5.71. The molecule has 444 valence electrons. The van der Waals surface area contributed by atoms with Gasteiger partial charge in [0.15, 0.2) is 6.10 Å². The lowest BCUT2D eigenvalue weighted by atomic mass is 10.1. The molecule has 0 aromatic rings. The molecule has 0 aromatic heterocycles. The fraction of sp³-hybridized carbons (Fsp3) is 0.761. The van der Waals surface area contributed by atoms with Gasteiger partial charge >= 0.3 is 17.9 Å². The van der Waals surface area contributed by atoms with E-state index in [1.165, 1.54) is 186 Å². The first-order chi connectivity index (χ1) is 38.0. The van der Waals surface area contributed by atoms with Gasteiger partial charge < -0.3 is 14.2 Å². The standard InChI is InChI=1S/C71H124O6/c1-4-7-10-13-16-19-22-25-28-31-34-35-38-40-43-46-49-52-55-58-61-64-70(73)76-67-68(77-71(74)65-62-59-56-53-50-47-44-41-37-33-30-27-24-21-18-15-12-9-6-3)66-75-69(72)63-60-57-54-51-48-45-42-39-36-32-29-26-23-20-17-14-11-8-5-2/h9,12,17-18,20-21,26-27,29-31,34,37,41,68H,4-8,10-11,13-16,19,22-25,28,32-33,35-36,38-40,42-67H2,1-3H3/b12-9-,20-17-,21-18-,29-26-,30-27-,34-31-,41-37-. The average molecular weight is 1070 g/mol. The summed E-state index contributed by atoms with van der Waals surface area (Å²) >= 11 is 0. The molecule has 1 unspecified atom stereocenters. The summed E-state index contributed by atoms with van der Waals surface area (Å²) in [7, 11) is 0. The van der Waals surface area contributed by atoms with Gasteiger partial charge in [-0.1, -0.05) is 279 Å². The highest BCUT2D eigenvalue weighted by atomic mass is 16.6. The van der Waals surface area contributed by atoms with Crippen LogP contribution in [0, 0.1) is 0 Å². The fourth-order valence-electron chi connectivity index (χ4n) is 9.40. The first-order valence-electron chi connectivity index (χ1n) is 33.1. The minimum atomic E-state index is -0.789. The van der Waals surface area contributed by atoms with Crippen molar-refractivity contribution in [3.8, 4) is 0 Å². The molecule has 0 aliphatic rings. The summed E-state index contributed by atoms with van der Waals surface area (Å²) in [6.07, 6.45) is 85.8. The minimum absolute atomic E-state index is 0.0836. The highest BCUT2D eigenvalue weighted by Gasteiger charge is 2.19. The van der Waals surface area contributed by atoms with Crippen molar-refractivity contribution in [3.05, 3.63) is 85.1 Å². The number of carbonyl (C=O) groups is 3. The van der Waals surface area contributed by atoms with Crippen molar-refractivity contribution in [3.63, 3.8) is 0 Å². The second kappa shape index (κ2) is 65.1. The first-order valence-corrected chi connectivity index (χ1v) is 33.1. The predicted octanol–water partition coefficient (Wildman–Crippen LogP) is 22.7. The fourth-order valence-corrected chi connectivity index (χ4v) is 9.40. The molecule has 0 fully saturated rings. The summed E-state index contributed by atoms with van der Waals surface area (Å²) in [5.74, 6) is -0.889. The van der Waals surface area contributed by atoms with Gasteiger partial charge in [0.2, 0.25) is 0 Å². The number of allylic oxidation sites excluding steroid dienone is 14. The van der Waals surface area contributed by atoms with Crippen molar-refractivity contribution >= 4 is 17.9 Å². The molecule has 0 saturated heterocycles. The van der Waals surface area contributed by atoms with E-state index in [1.807, 2.05) is 0 Å². The Labute approximate surface area is 477 Å². The second-order valence-electron chi connectivity index (χ2n) is 22.0. The van der Waals surface area contributed by atoms with Crippen LogP contribution in [0.25, 0.3) is 0 Å². The molecule has 0 aliphatic carbocycles. The summed E-state index contributed by atoms with van der Waals surface area (Å²) in [4.78, 5) is 38.4. The molecule has 6 heteroatoms. The Kier molecular flexibility index (Phi) is 62.2. The van der Waals surface area contributed by atoms with Crippen LogP contribution in [0.5, 0.6) is 0 Å². The maximum absolute atomic E-state index is 12.9. The Balaban J connectivity index is 4.40. The lowest BCUT2D eigenvalue weighted by Gasteiger charge is -2.18. The van der Waals surface area contributed by atoms with Crippen molar-refractivity contribution < 1.29 is 28.6 Å². The zero-order valence-electron chi connectivity index (χ0n) is 51.0. The zero-order valence-corrected chi connectivity index (χ0v) is 51.0. The van der Waals surface area contributed by atoms with Crippen LogP contribution in [0.2, 0.25) is 0 Å². The third-order valence-electron chi connectivity index (χ3n) is 14.4. The van der Waals surface area contributed by atoms with Crippen LogP contribution < -0.4 is 0 Å². The molecule has 1 atom stereocenters. The quantitative estimate of drug-likeness (QED) is 0.0261. The topological polar surface area (TPSA) is 78.9 Å². The van der Waals surface area contributed by atoms with E-state index in [4.69, 9.17) is 14.2 Å². The monoisotopic (exact) mass is 1070 g/mol. The van der Waals surface area contributed by atoms with Gasteiger partial charge in [-0.15, -0.1) is 0 Å². The van der Waals surface area contributed by atoms with Crippen LogP contribution >= 0.6 is 0 Å². The average Bonchev–Trinajstić information content (AvgIpc) is 3.43. The van der Waals surface area contributed by atoms with E-state index in [2.05, 4.69) is 106 Å². The van der Waals surface area contributed by atoms with Crippen LogP contribution in [0.4, 0.5) is 0 Å². The van der Waals surface area contributed by atoms with Crippen LogP contribution in [0.1, 0.15) is 329 Å². The van der Waals surface area contributed by atoms with Crippen molar-refractivity contribution in [2.75, 3.05) is 13.2 Å². The Morgan fingerprint density at radius 1 is 0.273 bits per heavy atom. The molecule has 0 spiro atoms. The van der Waals surface area contributed by atoms with Crippen LogP contribution in [-0.4, -0.2) is 37.2 Å².